The number of anilines is 1. The van der Waals surface area contributed by atoms with Gasteiger partial charge in [-0.2, -0.15) is 0 Å². The molecule has 80 valence electrons. The van der Waals surface area contributed by atoms with Crippen LogP contribution in [0.2, 0.25) is 0 Å². The van der Waals surface area contributed by atoms with Crippen molar-refractivity contribution in [2.24, 2.45) is 5.84 Å². The van der Waals surface area contributed by atoms with Crippen LogP contribution < -0.4 is 11.3 Å². The van der Waals surface area contributed by atoms with Crippen molar-refractivity contribution in [2.45, 2.75) is 6.92 Å². The highest BCUT2D eigenvalue weighted by atomic mass is 32.1. The molecule has 7 heteroatoms. The van der Waals surface area contributed by atoms with Crippen molar-refractivity contribution in [1.82, 2.24) is 20.4 Å². The third kappa shape index (κ3) is 1.22. The van der Waals surface area contributed by atoms with E-state index in [2.05, 4.69) is 25.8 Å². The van der Waals surface area contributed by atoms with Crippen LogP contribution in [0.25, 0.3) is 20.4 Å². The smallest absolute Gasteiger partial charge is 0.184 e. The molecule has 0 spiro atoms. The van der Waals surface area contributed by atoms with Crippen LogP contribution in [0.3, 0.4) is 0 Å². The number of thiophene rings is 1. The van der Waals surface area contributed by atoms with Crippen molar-refractivity contribution in [1.29, 1.82) is 0 Å². The Morgan fingerprint density at radius 2 is 2.19 bits per heavy atom. The highest BCUT2D eigenvalue weighted by Crippen LogP contribution is 2.33. The minimum absolute atomic E-state index is 0.533. The number of aromatic nitrogens is 4. The van der Waals surface area contributed by atoms with E-state index in [1.807, 2.05) is 19.1 Å². The average molecular weight is 232 g/mol. The fourth-order valence-corrected chi connectivity index (χ4v) is 2.67. The fourth-order valence-electron chi connectivity index (χ4n) is 1.57. The van der Waals surface area contributed by atoms with Crippen molar-refractivity contribution in [3.8, 4) is 0 Å². The lowest BCUT2D eigenvalue weighted by atomic mass is 10.3. The summed E-state index contributed by atoms with van der Waals surface area (Å²) in [5.74, 6) is 5.91. The van der Waals surface area contributed by atoms with Crippen molar-refractivity contribution in [2.75, 3.05) is 5.43 Å². The molecular weight excluding hydrogens is 224 g/mol. The van der Waals surface area contributed by atoms with Crippen LogP contribution in [-0.4, -0.2) is 20.4 Å². The van der Waals surface area contributed by atoms with Gasteiger partial charge < -0.3 is 5.43 Å². The highest BCUT2D eigenvalue weighted by Gasteiger charge is 2.12. The van der Waals surface area contributed by atoms with Crippen LogP contribution in [-0.2, 0) is 0 Å². The Kier molecular flexibility index (Phi) is 1.95. The Labute approximate surface area is 94.5 Å². The van der Waals surface area contributed by atoms with Crippen LogP contribution in [0.4, 0.5) is 5.82 Å². The molecule has 0 bridgehead atoms. The number of nitrogen functional groups attached to an aromatic ring is 1. The monoisotopic (exact) mass is 232 g/mol. The molecule has 0 radical (unpaired) electrons. The van der Waals surface area contributed by atoms with Crippen LogP contribution in [0.5, 0.6) is 0 Å². The average Bonchev–Trinajstić information content (AvgIpc) is 2.65. The van der Waals surface area contributed by atoms with Gasteiger partial charge in [-0.3, -0.25) is 0 Å². The first-order valence-electron chi connectivity index (χ1n) is 4.65. The van der Waals surface area contributed by atoms with E-state index in [0.29, 0.717) is 5.82 Å². The zero-order valence-corrected chi connectivity index (χ0v) is 9.25. The van der Waals surface area contributed by atoms with Gasteiger partial charge in [0.25, 0.3) is 0 Å². The van der Waals surface area contributed by atoms with E-state index in [0.717, 1.165) is 26.1 Å². The Hall–Kier alpha value is -1.86. The number of nitrogens with one attached hydrogen (secondary N) is 1. The molecule has 0 amide bonds. The van der Waals surface area contributed by atoms with E-state index in [1.165, 1.54) is 11.3 Å². The Bertz CT molecular complexity index is 676. The van der Waals surface area contributed by atoms with E-state index < -0.39 is 0 Å². The molecule has 3 aromatic heterocycles. The molecule has 0 aromatic carbocycles. The quantitative estimate of drug-likeness (QED) is 0.484. The molecule has 3 N–H and O–H groups in total. The third-order valence-corrected chi connectivity index (χ3v) is 3.41. The predicted octanol–water partition coefficient (Wildman–Crippen LogP) is 1.23. The van der Waals surface area contributed by atoms with Crippen LogP contribution in [0.1, 0.15) is 5.69 Å². The van der Waals surface area contributed by atoms with E-state index in [4.69, 9.17) is 5.84 Å². The van der Waals surface area contributed by atoms with Crippen LogP contribution >= 0.6 is 11.3 Å². The Balaban J connectivity index is 2.49. The topological polar surface area (TPSA) is 89.6 Å². The summed E-state index contributed by atoms with van der Waals surface area (Å²) in [4.78, 5) is 5.37. The van der Waals surface area contributed by atoms with Crippen molar-refractivity contribution in [3.05, 3.63) is 17.8 Å². The molecule has 0 saturated carbocycles. The SMILES string of the molecule is Cc1ccc2c(n1)sc1c(NN)nnnc12. The zero-order valence-electron chi connectivity index (χ0n) is 8.43. The predicted molar refractivity (Wildman–Crippen MR) is 63.1 cm³/mol. The van der Waals surface area contributed by atoms with E-state index in [1.54, 1.807) is 0 Å². The molecule has 0 atom stereocenters. The van der Waals surface area contributed by atoms with Gasteiger partial charge in [0.05, 0.1) is 0 Å². The molecule has 0 unspecified atom stereocenters. The van der Waals surface area contributed by atoms with Gasteiger partial charge in [-0.25, -0.2) is 10.8 Å². The van der Waals surface area contributed by atoms with Gasteiger partial charge in [0.2, 0.25) is 0 Å². The first-order valence-corrected chi connectivity index (χ1v) is 5.47. The number of hydrogen-bond acceptors (Lipinski definition) is 7. The number of fused-ring (bicyclic) bond motifs is 3. The zero-order chi connectivity index (χ0) is 11.1. The maximum Gasteiger partial charge on any atom is 0.184 e. The normalized spacial score (nSPS) is 11.1. The number of aryl methyl sites for hydroxylation is 1. The van der Waals surface area contributed by atoms with Crippen LogP contribution in [0.15, 0.2) is 12.1 Å². The summed E-state index contributed by atoms with van der Waals surface area (Å²) in [5, 5.41) is 12.5. The lowest BCUT2D eigenvalue weighted by Crippen LogP contribution is -2.09. The van der Waals surface area contributed by atoms with Crippen molar-refractivity contribution in [3.63, 3.8) is 0 Å². The molecular formula is C9H8N6S. The second-order valence-corrected chi connectivity index (χ2v) is 4.37. The maximum atomic E-state index is 5.37. The standard InChI is InChI=1S/C9H8N6S/c1-4-2-3-5-6-7(16-9(5)11-4)8(12-10)14-15-13-6/h2-3H,10H2,1H3,(H,12,13,14). The van der Waals surface area contributed by atoms with Gasteiger partial charge in [-0.05, 0) is 24.3 Å². The number of nitrogens with two attached hydrogens (primary N) is 1. The van der Waals surface area contributed by atoms with Gasteiger partial charge in [-0.15, -0.1) is 21.5 Å². The molecule has 3 heterocycles. The van der Waals surface area contributed by atoms with Gasteiger partial charge in [-0.1, -0.05) is 0 Å². The van der Waals surface area contributed by atoms with Gasteiger partial charge >= 0.3 is 0 Å². The molecule has 0 aliphatic heterocycles. The minimum atomic E-state index is 0.533. The maximum absolute atomic E-state index is 5.37. The first-order chi connectivity index (χ1) is 7.79. The number of hydrogen-bond donors (Lipinski definition) is 2. The molecule has 6 nitrogen and oxygen atoms in total. The second-order valence-electron chi connectivity index (χ2n) is 3.37. The first kappa shape index (κ1) is 9.37. The molecule has 0 aliphatic rings. The molecule has 0 saturated heterocycles. The van der Waals surface area contributed by atoms with Crippen molar-refractivity contribution >= 4 is 37.6 Å². The van der Waals surface area contributed by atoms with Crippen LogP contribution in [0, 0.1) is 6.92 Å². The summed E-state index contributed by atoms with van der Waals surface area (Å²) in [6.45, 7) is 1.95. The molecule has 3 aromatic rings. The van der Waals surface area contributed by atoms with Crippen molar-refractivity contribution < 1.29 is 0 Å². The summed E-state index contributed by atoms with van der Waals surface area (Å²) in [6, 6.07) is 3.94. The Morgan fingerprint density at radius 3 is 3.00 bits per heavy atom. The molecule has 3 rings (SSSR count). The lowest BCUT2D eigenvalue weighted by Gasteiger charge is -1.95. The summed E-state index contributed by atoms with van der Waals surface area (Å²) in [7, 11) is 0. The molecule has 16 heavy (non-hydrogen) atoms. The Morgan fingerprint density at radius 1 is 1.31 bits per heavy atom. The summed E-state index contributed by atoms with van der Waals surface area (Å²) < 4.78 is 0.880. The second kappa shape index (κ2) is 3.32. The minimum Gasteiger partial charge on any atom is -0.306 e. The van der Waals surface area contributed by atoms with E-state index in [9.17, 15) is 0 Å². The fraction of sp³-hybridized carbons (Fsp3) is 0.111. The number of pyridine rings is 1. The number of nitrogens with zero attached hydrogens (tertiary/aromatic N) is 4. The number of rotatable bonds is 1. The summed E-state index contributed by atoms with van der Waals surface area (Å²) in [6.07, 6.45) is 0. The van der Waals surface area contributed by atoms with E-state index in [-0.39, 0.29) is 0 Å². The lowest BCUT2D eigenvalue weighted by molar-refractivity contribution is 0.899. The molecule has 0 fully saturated rings. The van der Waals surface area contributed by atoms with Gasteiger partial charge in [0, 0.05) is 11.1 Å². The third-order valence-electron chi connectivity index (χ3n) is 2.31. The van der Waals surface area contributed by atoms with Gasteiger partial charge in [0.1, 0.15) is 15.0 Å². The van der Waals surface area contributed by atoms with Gasteiger partial charge in [0.15, 0.2) is 5.82 Å². The molecule has 0 aliphatic carbocycles. The number of hydrazine groups is 1. The van der Waals surface area contributed by atoms with E-state index >= 15 is 0 Å². The summed E-state index contributed by atoms with van der Waals surface area (Å²) >= 11 is 1.51. The largest absolute Gasteiger partial charge is 0.306 e. The summed E-state index contributed by atoms with van der Waals surface area (Å²) in [5.41, 5.74) is 4.28. The highest BCUT2D eigenvalue weighted by molar-refractivity contribution is 7.25.